The van der Waals surface area contributed by atoms with Crippen LogP contribution in [0.3, 0.4) is 0 Å². The zero-order valence-corrected chi connectivity index (χ0v) is 11.7. The number of carbonyl (C=O) groups is 1. The molecule has 0 heterocycles. The van der Waals surface area contributed by atoms with Gasteiger partial charge >= 0.3 is 5.97 Å². The van der Waals surface area contributed by atoms with E-state index >= 15 is 0 Å². The molecule has 2 nitrogen and oxygen atoms in total. The molecule has 5 heteroatoms. The lowest BCUT2D eigenvalue weighted by molar-refractivity contribution is 0.0695. The molecule has 0 fully saturated rings. The second kappa shape index (κ2) is 5.72. The van der Waals surface area contributed by atoms with Gasteiger partial charge in [-0.3, -0.25) is 0 Å². The van der Waals surface area contributed by atoms with Crippen molar-refractivity contribution in [2.24, 2.45) is 0 Å². The Morgan fingerprint density at radius 2 is 2.20 bits per heavy atom. The molecular formula is C10H8Br2O2S. The lowest BCUT2D eigenvalue weighted by Crippen LogP contribution is -1.97. The van der Waals surface area contributed by atoms with Gasteiger partial charge in [-0.2, -0.15) is 0 Å². The molecule has 0 amide bonds. The smallest absolute Gasteiger partial charge is 0.336 e. The molecular weight excluding hydrogens is 344 g/mol. The molecule has 0 spiro atoms. The Morgan fingerprint density at radius 3 is 2.73 bits per heavy atom. The summed E-state index contributed by atoms with van der Waals surface area (Å²) < 4.78 is 1.48. The van der Waals surface area contributed by atoms with Crippen LogP contribution in [0.1, 0.15) is 10.4 Å². The van der Waals surface area contributed by atoms with Crippen LogP contribution >= 0.6 is 43.6 Å². The summed E-state index contributed by atoms with van der Waals surface area (Å²) in [6.45, 7) is 3.72. The third-order valence-electron chi connectivity index (χ3n) is 1.56. The highest BCUT2D eigenvalue weighted by Gasteiger charge is 2.09. The number of hydrogen-bond acceptors (Lipinski definition) is 2. The van der Waals surface area contributed by atoms with Crippen molar-refractivity contribution < 1.29 is 9.90 Å². The van der Waals surface area contributed by atoms with Crippen molar-refractivity contribution in [3.05, 3.63) is 39.3 Å². The third kappa shape index (κ3) is 4.01. The van der Waals surface area contributed by atoms with Crippen molar-refractivity contribution in [1.82, 2.24) is 0 Å². The van der Waals surface area contributed by atoms with Crippen molar-refractivity contribution in [2.75, 3.05) is 5.75 Å². The van der Waals surface area contributed by atoms with E-state index in [9.17, 15) is 4.79 Å². The molecule has 0 radical (unpaired) electrons. The van der Waals surface area contributed by atoms with Crippen LogP contribution in [0.2, 0.25) is 0 Å². The van der Waals surface area contributed by atoms with E-state index in [4.69, 9.17) is 5.11 Å². The van der Waals surface area contributed by atoms with Gasteiger partial charge in [0.2, 0.25) is 0 Å². The molecule has 0 aliphatic rings. The van der Waals surface area contributed by atoms with Crippen LogP contribution < -0.4 is 0 Å². The van der Waals surface area contributed by atoms with Gasteiger partial charge in [0.25, 0.3) is 0 Å². The van der Waals surface area contributed by atoms with Crippen molar-refractivity contribution in [2.45, 2.75) is 4.90 Å². The van der Waals surface area contributed by atoms with E-state index in [1.807, 2.05) is 6.07 Å². The van der Waals surface area contributed by atoms with Gasteiger partial charge in [0.1, 0.15) is 0 Å². The number of thioether (sulfide) groups is 1. The summed E-state index contributed by atoms with van der Waals surface area (Å²) in [5.74, 6) is -0.206. The quantitative estimate of drug-likeness (QED) is 0.828. The van der Waals surface area contributed by atoms with Crippen LogP contribution in [-0.4, -0.2) is 16.8 Å². The zero-order valence-electron chi connectivity index (χ0n) is 7.67. The van der Waals surface area contributed by atoms with Crippen molar-refractivity contribution in [3.8, 4) is 0 Å². The first-order chi connectivity index (χ1) is 7.00. The number of carboxylic acids is 1. The minimum absolute atomic E-state index is 0.278. The van der Waals surface area contributed by atoms with Crippen LogP contribution in [-0.2, 0) is 0 Å². The SMILES string of the molecule is C=C(Br)CSc1ccc(Br)c(C(=O)O)c1. The number of hydrogen-bond donors (Lipinski definition) is 1. The predicted octanol–water partition coefficient (Wildman–Crippen LogP) is 4.15. The van der Waals surface area contributed by atoms with Crippen LogP contribution in [0.25, 0.3) is 0 Å². The normalized spacial score (nSPS) is 10.0. The highest BCUT2D eigenvalue weighted by Crippen LogP contribution is 2.26. The van der Waals surface area contributed by atoms with Gasteiger partial charge < -0.3 is 5.11 Å². The lowest BCUT2D eigenvalue weighted by atomic mass is 10.2. The standard InChI is InChI=1S/C10H8Br2O2S/c1-6(11)5-15-7-2-3-9(12)8(4-7)10(13)14/h2-4H,1,5H2,(H,13,14). The predicted molar refractivity (Wildman–Crippen MR) is 69.9 cm³/mol. The van der Waals surface area contributed by atoms with E-state index in [2.05, 4.69) is 38.4 Å². The number of benzene rings is 1. The first-order valence-electron chi connectivity index (χ1n) is 3.99. The molecule has 0 aliphatic carbocycles. The molecule has 0 saturated heterocycles. The van der Waals surface area contributed by atoms with E-state index in [0.29, 0.717) is 4.47 Å². The van der Waals surface area contributed by atoms with Crippen LogP contribution in [0.4, 0.5) is 0 Å². The minimum Gasteiger partial charge on any atom is -0.478 e. The zero-order chi connectivity index (χ0) is 11.4. The van der Waals surface area contributed by atoms with Gasteiger partial charge in [-0.25, -0.2) is 4.79 Å². The Bertz CT molecular complexity index is 404. The monoisotopic (exact) mass is 350 g/mol. The van der Waals surface area contributed by atoms with E-state index in [1.165, 1.54) is 11.8 Å². The van der Waals surface area contributed by atoms with Crippen LogP contribution in [0, 0.1) is 0 Å². The lowest BCUT2D eigenvalue weighted by Gasteiger charge is -2.03. The molecule has 15 heavy (non-hydrogen) atoms. The second-order valence-corrected chi connectivity index (χ2v) is 5.78. The fraction of sp³-hybridized carbons (Fsp3) is 0.100. The fourth-order valence-electron chi connectivity index (χ4n) is 0.920. The maximum Gasteiger partial charge on any atom is 0.336 e. The van der Waals surface area contributed by atoms with Gasteiger partial charge in [-0.05, 0) is 38.6 Å². The van der Waals surface area contributed by atoms with Gasteiger partial charge in [-0.1, -0.05) is 22.5 Å². The molecule has 0 bridgehead atoms. The molecule has 1 aromatic rings. The van der Waals surface area contributed by atoms with Gasteiger partial charge in [0.15, 0.2) is 0 Å². The summed E-state index contributed by atoms with van der Waals surface area (Å²) >= 11 is 7.99. The number of halogens is 2. The molecule has 1 aromatic carbocycles. The Labute approximate surface area is 109 Å². The third-order valence-corrected chi connectivity index (χ3v) is 3.99. The number of carboxylic acid groups (broad SMARTS) is 1. The van der Waals surface area contributed by atoms with E-state index in [-0.39, 0.29) is 5.56 Å². The van der Waals surface area contributed by atoms with Crippen molar-refractivity contribution in [1.29, 1.82) is 0 Å². The first-order valence-corrected chi connectivity index (χ1v) is 6.57. The topological polar surface area (TPSA) is 37.3 Å². The maximum absolute atomic E-state index is 10.8. The molecule has 0 aromatic heterocycles. The van der Waals surface area contributed by atoms with Gasteiger partial charge in [0.05, 0.1) is 5.56 Å². The highest BCUT2D eigenvalue weighted by atomic mass is 79.9. The summed E-state index contributed by atoms with van der Waals surface area (Å²) in [6, 6.07) is 5.26. The maximum atomic E-state index is 10.8. The summed E-state index contributed by atoms with van der Waals surface area (Å²) in [4.78, 5) is 11.8. The van der Waals surface area contributed by atoms with E-state index < -0.39 is 5.97 Å². The van der Waals surface area contributed by atoms with E-state index in [1.54, 1.807) is 12.1 Å². The highest BCUT2D eigenvalue weighted by molar-refractivity contribution is 9.11. The van der Waals surface area contributed by atoms with E-state index in [0.717, 1.165) is 15.1 Å². The van der Waals surface area contributed by atoms with Crippen molar-refractivity contribution in [3.63, 3.8) is 0 Å². The largest absolute Gasteiger partial charge is 0.478 e. The average Bonchev–Trinajstić information content (AvgIpc) is 2.16. The number of rotatable bonds is 4. The molecule has 0 atom stereocenters. The first kappa shape index (κ1) is 12.8. The molecule has 0 saturated carbocycles. The van der Waals surface area contributed by atoms with Crippen LogP contribution in [0.5, 0.6) is 0 Å². The van der Waals surface area contributed by atoms with Gasteiger partial charge in [0, 0.05) is 15.1 Å². The Hall–Kier alpha value is -0.260. The molecule has 80 valence electrons. The van der Waals surface area contributed by atoms with Gasteiger partial charge in [-0.15, -0.1) is 11.8 Å². The average molecular weight is 352 g/mol. The summed E-state index contributed by atoms with van der Waals surface area (Å²) in [6.07, 6.45) is 0. The fourth-order valence-corrected chi connectivity index (χ4v) is 2.37. The Kier molecular flexibility index (Phi) is 4.89. The van der Waals surface area contributed by atoms with Crippen LogP contribution in [0.15, 0.2) is 38.6 Å². The molecule has 1 N–H and O–H groups in total. The summed E-state index contributed by atoms with van der Waals surface area (Å²) in [7, 11) is 0. The number of aromatic carboxylic acids is 1. The Balaban J connectivity index is 2.87. The Morgan fingerprint density at radius 1 is 1.53 bits per heavy atom. The minimum atomic E-state index is -0.929. The van der Waals surface area contributed by atoms with Crippen molar-refractivity contribution >= 4 is 49.6 Å². The molecule has 0 unspecified atom stereocenters. The summed E-state index contributed by atoms with van der Waals surface area (Å²) in [5.41, 5.74) is 0.278. The summed E-state index contributed by atoms with van der Waals surface area (Å²) in [5, 5.41) is 8.90. The molecule has 1 rings (SSSR count). The molecule has 0 aliphatic heterocycles. The second-order valence-electron chi connectivity index (χ2n) is 2.75.